The van der Waals surface area contributed by atoms with Crippen LogP contribution >= 0.6 is 11.3 Å². The maximum absolute atomic E-state index is 12.7. The number of nitrogens with zero attached hydrogens (tertiary/aromatic N) is 2. The Balaban J connectivity index is 1.48. The number of carbonyl (C=O) groups is 1. The number of thiazole rings is 1. The van der Waals surface area contributed by atoms with Crippen molar-refractivity contribution in [2.75, 3.05) is 26.3 Å². The highest BCUT2D eigenvalue weighted by molar-refractivity contribution is 7.09. The molecule has 2 heterocycles. The van der Waals surface area contributed by atoms with Crippen molar-refractivity contribution in [3.8, 4) is 0 Å². The Labute approximate surface area is 167 Å². The van der Waals surface area contributed by atoms with E-state index in [9.17, 15) is 4.79 Å². The summed E-state index contributed by atoms with van der Waals surface area (Å²) in [7, 11) is 0. The maximum Gasteiger partial charge on any atom is 0.270 e. The summed E-state index contributed by atoms with van der Waals surface area (Å²) < 4.78 is 5.39. The van der Waals surface area contributed by atoms with Crippen molar-refractivity contribution in [3.63, 3.8) is 0 Å². The smallest absolute Gasteiger partial charge is 0.270 e. The molecule has 152 valence electrons. The van der Waals surface area contributed by atoms with Crippen LogP contribution < -0.4 is 5.32 Å². The molecule has 0 spiro atoms. The molecule has 27 heavy (non-hydrogen) atoms. The molecule has 0 radical (unpaired) electrons. The SMILES string of the molecule is O=C(NC1CCCCCCCCCCC1)c1csc(CN2CCOCC2)n1. The molecule has 6 heteroatoms. The Kier molecular flexibility index (Phi) is 9.04. The Morgan fingerprint density at radius 3 is 2.26 bits per heavy atom. The van der Waals surface area contributed by atoms with Crippen LogP contribution in [0.25, 0.3) is 0 Å². The lowest BCUT2D eigenvalue weighted by molar-refractivity contribution is 0.0341. The summed E-state index contributed by atoms with van der Waals surface area (Å²) in [5.41, 5.74) is 0.592. The van der Waals surface area contributed by atoms with Gasteiger partial charge in [-0.05, 0) is 12.8 Å². The number of aromatic nitrogens is 1. The molecule has 1 aromatic rings. The highest BCUT2D eigenvalue weighted by atomic mass is 32.1. The van der Waals surface area contributed by atoms with Crippen LogP contribution in [-0.2, 0) is 11.3 Å². The lowest BCUT2D eigenvalue weighted by Gasteiger charge is -2.25. The van der Waals surface area contributed by atoms with E-state index in [4.69, 9.17) is 4.74 Å². The molecule has 0 unspecified atom stereocenters. The van der Waals surface area contributed by atoms with Gasteiger partial charge in [0.2, 0.25) is 0 Å². The Morgan fingerprint density at radius 2 is 1.63 bits per heavy atom. The van der Waals surface area contributed by atoms with Gasteiger partial charge in [-0.2, -0.15) is 0 Å². The zero-order chi connectivity index (χ0) is 18.7. The van der Waals surface area contributed by atoms with E-state index in [-0.39, 0.29) is 5.91 Å². The topological polar surface area (TPSA) is 54.5 Å². The fourth-order valence-electron chi connectivity index (χ4n) is 4.01. The van der Waals surface area contributed by atoms with Crippen LogP contribution in [-0.4, -0.2) is 48.1 Å². The summed E-state index contributed by atoms with van der Waals surface area (Å²) in [6, 6.07) is 0.307. The van der Waals surface area contributed by atoms with Gasteiger partial charge in [0.25, 0.3) is 5.91 Å². The van der Waals surface area contributed by atoms with E-state index < -0.39 is 0 Å². The van der Waals surface area contributed by atoms with Crippen LogP contribution in [0.15, 0.2) is 5.38 Å². The van der Waals surface area contributed by atoms with Crippen molar-refractivity contribution < 1.29 is 9.53 Å². The van der Waals surface area contributed by atoms with Crippen molar-refractivity contribution in [2.45, 2.75) is 83.2 Å². The van der Waals surface area contributed by atoms with Crippen LogP contribution in [0.5, 0.6) is 0 Å². The second-order valence-electron chi connectivity index (χ2n) is 7.94. The third-order valence-electron chi connectivity index (χ3n) is 5.69. The molecule has 1 amide bonds. The third-order valence-corrected chi connectivity index (χ3v) is 6.52. The largest absolute Gasteiger partial charge is 0.379 e. The molecule has 2 fully saturated rings. The third kappa shape index (κ3) is 7.51. The minimum Gasteiger partial charge on any atom is -0.379 e. The first-order valence-corrected chi connectivity index (χ1v) is 11.7. The number of rotatable bonds is 4. The van der Waals surface area contributed by atoms with Gasteiger partial charge in [-0.1, -0.05) is 57.8 Å². The van der Waals surface area contributed by atoms with Gasteiger partial charge in [0.15, 0.2) is 0 Å². The zero-order valence-electron chi connectivity index (χ0n) is 16.6. The first kappa shape index (κ1) is 20.7. The van der Waals surface area contributed by atoms with E-state index in [2.05, 4.69) is 15.2 Å². The first-order valence-electron chi connectivity index (χ1n) is 10.9. The van der Waals surface area contributed by atoms with Gasteiger partial charge in [0, 0.05) is 24.5 Å². The highest BCUT2D eigenvalue weighted by Gasteiger charge is 2.18. The van der Waals surface area contributed by atoms with E-state index >= 15 is 0 Å². The van der Waals surface area contributed by atoms with E-state index in [0.29, 0.717) is 11.7 Å². The fraction of sp³-hybridized carbons (Fsp3) is 0.810. The van der Waals surface area contributed by atoms with Crippen molar-refractivity contribution in [2.24, 2.45) is 0 Å². The number of morpholine rings is 1. The molecule has 1 N–H and O–H groups in total. The Morgan fingerprint density at radius 1 is 1.04 bits per heavy atom. The number of nitrogens with one attached hydrogen (secondary N) is 1. The van der Waals surface area contributed by atoms with Crippen molar-refractivity contribution in [3.05, 3.63) is 16.1 Å². The van der Waals surface area contributed by atoms with Crippen LogP contribution in [0.1, 0.15) is 86.1 Å². The molecule has 1 aromatic heterocycles. The minimum atomic E-state index is 0.0107. The van der Waals surface area contributed by atoms with Gasteiger partial charge in [-0.15, -0.1) is 11.3 Å². The predicted octanol–water partition coefficient (Wildman–Crippen LogP) is 4.38. The number of hydrogen-bond acceptors (Lipinski definition) is 5. The van der Waals surface area contributed by atoms with Crippen LogP contribution in [0.4, 0.5) is 0 Å². The van der Waals surface area contributed by atoms with Crippen molar-refractivity contribution in [1.29, 1.82) is 0 Å². The number of ether oxygens (including phenoxy) is 1. The van der Waals surface area contributed by atoms with Crippen LogP contribution in [0.2, 0.25) is 0 Å². The minimum absolute atomic E-state index is 0.0107. The highest BCUT2D eigenvalue weighted by Crippen LogP contribution is 2.18. The predicted molar refractivity (Wildman–Crippen MR) is 110 cm³/mol. The molecule has 0 bridgehead atoms. The average Bonchev–Trinajstić information content (AvgIpc) is 3.13. The summed E-state index contributed by atoms with van der Waals surface area (Å²) in [4.78, 5) is 19.6. The Bertz CT molecular complexity index is 545. The molecule has 0 aromatic carbocycles. The molecule has 1 saturated carbocycles. The lowest BCUT2D eigenvalue weighted by Crippen LogP contribution is -2.36. The monoisotopic (exact) mass is 393 g/mol. The molecule has 1 saturated heterocycles. The van der Waals surface area contributed by atoms with Gasteiger partial charge in [0.1, 0.15) is 10.7 Å². The first-order chi connectivity index (χ1) is 13.3. The number of amides is 1. The molecule has 1 aliphatic heterocycles. The van der Waals surface area contributed by atoms with E-state index in [1.54, 1.807) is 11.3 Å². The average molecular weight is 394 g/mol. The van der Waals surface area contributed by atoms with Gasteiger partial charge in [-0.25, -0.2) is 4.98 Å². The summed E-state index contributed by atoms with van der Waals surface area (Å²) in [6.07, 6.45) is 14.1. The van der Waals surface area contributed by atoms with Crippen LogP contribution in [0, 0.1) is 0 Å². The van der Waals surface area contributed by atoms with E-state index in [0.717, 1.165) is 50.7 Å². The normalized spacial score (nSPS) is 21.9. The molecule has 0 atom stereocenters. The molecular weight excluding hydrogens is 358 g/mol. The number of hydrogen-bond donors (Lipinski definition) is 1. The molecule has 2 aliphatic rings. The fourth-order valence-corrected chi connectivity index (χ4v) is 4.82. The van der Waals surface area contributed by atoms with Gasteiger partial charge in [0.05, 0.1) is 19.8 Å². The van der Waals surface area contributed by atoms with Gasteiger partial charge in [-0.3, -0.25) is 9.69 Å². The summed E-state index contributed by atoms with van der Waals surface area (Å²) in [5.74, 6) is 0.0107. The summed E-state index contributed by atoms with van der Waals surface area (Å²) in [6.45, 7) is 4.30. The second kappa shape index (κ2) is 11.8. The van der Waals surface area contributed by atoms with Gasteiger partial charge >= 0.3 is 0 Å². The van der Waals surface area contributed by atoms with Crippen molar-refractivity contribution >= 4 is 17.2 Å². The lowest BCUT2D eigenvalue weighted by atomic mass is 9.98. The maximum atomic E-state index is 12.7. The molecular formula is C21H35N3O2S. The second-order valence-corrected chi connectivity index (χ2v) is 8.89. The molecule has 3 rings (SSSR count). The summed E-state index contributed by atoms with van der Waals surface area (Å²) in [5, 5.41) is 6.22. The van der Waals surface area contributed by atoms with Gasteiger partial charge < -0.3 is 10.1 Å². The standard InChI is InChI=1S/C21H35N3O2S/c25-21(19-17-27-20(23-19)16-24-12-14-26-15-13-24)22-18-10-8-6-4-2-1-3-5-7-9-11-18/h17-18H,1-16H2,(H,22,25). The number of carbonyl (C=O) groups excluding carboxylic acids is 1. The molecule has 5 nitrogen and oxygen atoms in total. The molecule has 1 aliphatic carbocycles. The Hall–Kier alpha value is -0.980. The zero-order valence-corrected chi connectivity index (χ0v) is 17.4. The van der Waals surface area contributed by atoms with Crippen molar-refractivity contribution in [1.82, 2.24) is 15.2 Å². The van der Waals surface area contributed by atoms with E-state index in [1.807, 2.05) is 5.38 Å². The quantitative estimate of drug-likeness (QED) is 0.825. The van der Waals surface area contributed by atoms with E-state index in [1.165, 1.54) is 57.8 Å². The summed E-state index contributed by atoms with van der Waals surface area (Å²) >= 11 is 1.60. The van der Waals surface area contributed by atoms with Crippen LogP contribution in [0.3, 0.4) is 0 Å².